The van der Waals surface area contributed by atoms with Crippen molar-refractivity contribution in [1.82, 2.24) is 10.7 Å². The minimum Gasteiger partial charge on any atom is -0.497 e. The average Bonchev–Trinajstić information content (AvgIpc) is 3.40. The molecule has 0 radical (unpaired) electrons. The van der Waals surface area contributed by atoms with Crippen molar-refractivity contribution in [1.29, 1.82) is 0 Å². The van der Waals surface area contributed by atoms with Gasteiger partial charge in [-0.1, -0.05) is 18.2 Å². The Morgan fingerprint density at radius 2 is 1.74 bits per heavy atom. The van der Waals surface area contributed by atoms with Crippen molar-refractivity contribution >= 4 is 29.8 Å². The van der Waals surface area contributed by atoms with Crippen LogP contribution in [0.4, 0.5) is 5.69 Å². The topological polar surface area (TPSA) is 151 Å². The minimum absolute atomic E-state index is 0.0616. The van der Waals surface area contributed by atoms with Gasteiger partial charge in [0.05, 0.1) is 37.0 Å². The lowest BCUT2D eigenvalue weighted by molar-refractivity contribution is -0.385. The molecule has 0 saturated heterocycles. The van der Waals surface area contributed by atoms with Crippen LogP contribution < -0.4 is 29.7 Å². The van der Waals surface area contributed by atoms with Crippen LogP contribution in [0.25, 0.3) is 6.08 Å². The maximum absolute atomic E-state index is 13.1. The maximum Gasteiger partial charge on any atom is 0.287 e. The fraction of sp³-hybridized carbons (Fsp3) is 0.115. The fourth-order valence-corrected chi connectivity index (χ4v) is 3.46. The van der Waals surface area contributed by atoms with Crippen molar-refractivity contribution in [3.8, 4) is 23.0 Å². The number of carbonyl (C=O) groups excluding carboxylic acids is 2. The summed E-state index contributed by atoms with van der Waals surface area (Å²) in [5.41, 5.74) is 2.73. The Morgan fingerprint density at radius 1 is 1.00 bits per heavy atom. The second-order valence-electron chi connectivity index (χ2n) is 7.71. The monoisotopic (exact) mass is 518 g/mol. The van der Waals surface area contributed by atoms with E-state index in [1.54, 1.807) is 48.5 Å². The molecule has 0 aromatic heterocycles. The lowest BCUT2D eigenvalue weighted by atomic mass is 10.1. The highest BCUT2D eigenvalue weighted by Gasteiger charge is 2.23. The Bertz CT molecular complexity index is 1440. The Kier molecular flexibility index (Phi) is 7.82. The first-order valence-electron chi connectivity index (χ1n) is 11.1. The fourth-order valence-electron chi connectivity index (χ4n) is 3.46. The lowest BCUT2D eigenvalue weighted by Crippen LogP contribution is -2.32. The van der Waals surface area contributed by atoms with Gasteiger partial charge in [-0.3, -0.25) is 19.7 Å². The van der Waals surface area contributed by atoms with Crippen molar-refractivity contribution < 1.29 is 33.5 Å². The highest BCUT2D eigenvalue weighted by atomic mass is 16.7. The van der Waals surface area contributed by atoms with Crippen LogP contribution in [0, 0.1) is 10.1 Å². The largest absolute Gasteiger partial charge is 0.497 e. The van der Waals surface area contributed by atoms with Crippen LogP contribution in [0.2, 0.25) is 0 Å². The van der Waals surface area contributed by atoms with Gasteiger partial charge < -0.3 is 24.3 Å². The summed E-state index contributed by atoms with van der Waals surface area (Å²) >= 11 is 0. The van der Waals surface area contributed by atoms with E-state index >= 15 is 0 Å². The van der Waals surface area contributed by atoms with Gasteiger partial charge in [0.25, 0.3) is 17.5 Å². The number of nitro benzene ring substituents is 1. The van der Waals surface area contributed by atoms with Gasteiger partial charge in [0.2, 0.25) is 6.79 Å². The molecule has 3 aromatic rings. The quantitative estimate of drug-likeness (QED) is 0.190. The molecule has 0 fully saturated rings. The molecule has 1 aliphatic rings. The molecule has 2 amide bonds. The van der Waals surface area contributed by atoms with E-state index in [2.05, 4.69) is 15.8 Å². The van der Waals surface area contributed by atoms with Crippen LogP contribution in [0.5, 0.6) is 23.0 Å². The number of nitrogens with zero attached hydrogens (tertiary/aromatic N) is 2. The number of nitrogens with one attached hydrogen (secondary N) is 2. The first kappa shape index (κ1) is 25.7. The molecule has 0 saturated carbocycles. The number of benzene rings is 3. The number of ether oxygens (including phenoxy) is 4. The number of amides is 2. The van der Waals surface area contributed by atoms with Gasteiger partial charge in [0.15, 0.2) is 11.5 Å². The number of hydrazone groups is 1. The minimum atomic E-state index is -0.785. The average molecular weight is 518 g/mol. The highest BCUT2D eigenvalue weighted by molar-refractivity contribution is 6.05. The molecule has 0 spiro atoms. The van der Waals surface area contributed by atoms with Gasteiger partial charge in [-0.2, -0.15) is 5.10 Å². The van der Waals surface area contributed by atoms with Crippen molar-refractivity contribution in [3.63, 3.8) is 0 Å². The van der Waals surface area contributed by atoms with E-state index in [1.807, 2.05) is 0 Å². The molecule has 12 heteroatoms. The number of fused-ring (bicyclic) bond motifs is 1. The molecule has 12 nitrogen and oxygen atoms in total. The van der Waals surface area contributed by atoms with Gasteiger partial charge in [-0.05, 0) is 36.4 Å². The first-order valence-corrected chi connectivity index (χ1v) is 11.1. The van der Waals surface area contributed by atoms with Gasteiger partial charge >= 0.3 is 0 Å². The molecule has 0 aliphatic carbocycles. The molecule has 1 aliphatic heterocycles. The summed E-state index contributed by atoms with van der Waals surface area (Å²) in [6.07, 6.45) is 2.51. The molecule has 0 bridgehead atoms. The summed E-state index contributed by atoms with van der Waals surface area (Å²) in [6.45, 7) is -0.0616. The smallest absolute Gasteiger partial charge is 0.287 e. The van der Waals surface area contributed by atoms with Gasteiger partial charge in [-0.25, -0.2) is 5.43 Å². The summed E-state index contributed by atoms with van der Waals surface area (Å²) in [6, 6.07) is 15.9. The van der Waals surface area contributed by atoms with Crippen molar-refractivity contribution in [2.24, 2.45) is 5.10 Å². The second kappa shape index (κ2) is 11.6. The zero-order chi connectivity index (χ0) is 27.1. The molecule has 4 rings (SSSR count). The molecular weight excluding hydrogens is 496 g/mol. The van der Waals surface area contributed by atoms with Crippen LogP contribution in [0.15, 0.2) is 71.5 Å². The third kappa shape index (κ3) is 5.87. The number of methoxy groups -OCH3 is 2. The summed E-state index contributed by atoms with van der Waals surface area (Å²) in [4.78, 5) is 36.8. The third-order valence-corrected chi connectivity index (χ3v) is 5.36. The van der Waals surface area contributed by atoms with Gasteiger partial charge in [0.1, 0.15) is 17.2 Å². The molecule has 3 aromatic carbocycles. The molecule has 38 heavy (non-hydrogen) atoms. The zero-order valence-electron chi connectivity index (χ0n) is 20.3. The normalized spacial score (nSPS) is 12.2. The van der Waals surface area contributed by atoms with Crippen LogP contribution in [0.3, 0.4) is 0 Å². The Balaban J connectivity index is 1.62. The number of rotatable bonds is 9. The predicted octanol–water partition coefficient (Wildman–Crippen LogP) is 3.26. The second-order valence-corrected chi connectivity index (χ2v) is 7.71. The zero-order valence-corrected chi connectivity index (χ0v) is 20.3. The number of carbonyl (C=O) groups is 2. The van der Waals surface area contributed by atoms with E-state index in [0.29, 0.717) is 28.4 Å². The van der Waals surface area contributed by atoms with E-state index in [9.17, 15) is 19.7 Å². The van der Waals surface area contributed by atoms with Crippen LogP contribution in [0.1, 0.15) is 21.5 Å². The molecule has 1 heterocycles. The molecule has 0 atom stereocenters. The Labute approximate surface area is 216 Å². The van der Waals surface area contributed by atoms with Crippen molar-refractivity contribution in [2.45, 2.75) is 0 Å². The molecule has 0 unspecified atom stereocenters. The van der Waals surface area contributed by atoms with Gasteiger partial charge in [0, 0.05) is 17.2 Å². The summed E-state index contributed by atoms with van der Waals surface area (Å²) in [5.74, 6) is 0.156. The van der Waals surface area contributed by atoms with Gasteiger partial charge in [-0.15, -0.1) is 0 Å². The summed E-state index contributed by atoms with van der Waals surface area (Å²) in [7, 11) is 2.96. The number of nitro groups is 1. The van der Waals surface area contributed by atoms with Crippen LogP contribution >= 0.6 is 0 Å². The maximum atomic E-state index is 13.1. The van der Waals surface area contributed by atoms with E-state index in [0.717, 1.165) is 6.21 Å². The standard InChI is InChI=1S/C26H22N4O8/c1-35-19-9-8-17(22(12-19)36-2)10-20(28-25(31)16-6-4-3-5-7-16)26(32)29-27-14-18-11-23-24(38-15-37-23)13-21(18)30(33)34/h3-14H,15H2,1-2H3,(H,28,31)(H,29,32). The van der Waals surface area contributed by atoms with E-state index < -0.39 is 16.7 Å². The van der Waals surface area contributed by atoms with E-state index in [1.165, 1.54) is 32.4 Å². The predicted molar refractivity (Wildman–Crippen MR) is 136 cm³/mol. The van der Waals surface area contributed by atoms with Crippen LogP contribution in [-0.2, 0) is 4.79 Å². The van der Waals surface area contributed by atoms with Crippen molar-refractivity contribution in [2.75, 3.05) is 21.0 Å². The lowest BCUT2D eigenvalue weighted by Gasteiger charge is -2.11. The number of hydrogen-bond donors (Lipinski definition) is 2. The van der Waals surface area contributed by atoms with Crippen LogP contribution in [-0.4, -0.2) is 44.0 Å². The molecular formula is C26H22N4O8. The van der Waals surface area contributed by atoms with E-state index in [-0.39, 0.29) is 29.5 Å². The Hall–Kier alpha value is -5.39. The summed E-state index contributed by atoms with van der Waals surface area (Å²) in [5, 5.41) is 17.9. The highest BCUT2D eigenvalue weighted by Crippen LogP contribution is 2.37. The van der Waals surface area contributed by atoms with E-state index in [4.69, 9.17) is 18.9 Å². The number of hydrogen-bond acceptors (Lipinski definition) is 9. The SMILES string of the molecule is COc1ccc(C=C(NC(=O)c2ccccc2)C(=O)NN=Cc2cc3c(cc2[N+](=O)[O-])OCO3)c(OC)c1. The first-order chi connectivity index (χ1) is 18.4. The summed E-state index contributed by atoms with van der Waals surface area (Å²) < 4.78 is 21.0. The molecule has 194 valence electrons. The Morgan fingerprint density at radius 3 is 2.42 bits per heavy atom. The third-order valence-electron chi connectivity index (χ3n) is 5.36. The molecule has 2 N–H and O–H groups in total. The van der Waals surface area contributed by atoms with Crippen molar-refractivity contribution in [3.05, 3.63) is 93.2 Å².